The molecule has 1 aromatic carbocycles. The zero-order chi connectivity index (χ0) is 15.1. The van der Waals surface area contributed by atoms with Crippen LogP contribution in [0.2, 0.25) is 0 Å². The maximum Gasteiger partial charge on any atom is 0.314 e. The summed E-state index contributed by atoms with van der Waals surface area (Å²) in [5, 5.41) is 3.32. The van der Waals surface area contributed by atoms with E-state index < -0.39 is 0 Å². The van der Waals surface area contributed by atoms with E-state index in [0.717, 1.165) is 31.8 Å². The Bertz CT molecular complexity index is 432. The van der Waals surface area contributed by atoms with Crippen LogP contribution in [0.15, 0.2) is 30.3 Å². The number of esters is 1. The average molecular weight is 292 g/mol. The number of methoxy groups -OCH3 is 1. The summed E-state index contributed by atoms with van der Waals surface area (Å²) in [6.45, 7) is 3.94. The fourth-order valence-corrected chi connectivity index (χ4v) is 2.61. The van der Waals surface area contributed by atoms with Crippen molar-refractivity contribution in [2.24, 2.45) is 0 Å². The summed E-state index contributed by atoms with van der Waals surface area (Å²) in [4.78, 5) is 14.2. The summed E-state index contributed by atoms with van der Waals surface area (Å²) in [5.74, 6) is -0.464. The van der Waals surface area contributed by atoms with Gasteiger partial charge in [-0.25, -0.2) is 0 Å². The lowest BCUT2D eigenvalue weighted by molar-refractivity contribution is -0.143. The maximum atomic E-state index is 12.0. The van der Waals surface area contributed by atoms with Gasteiger partial charge in [0.2, 0.25) is 0 Å². The van der Waals surface area contributed by atoms with Gasteiger partial charge in [0.05, 0.1) is 25.7 Å². The fraction of sp³-hybridized carbons (Fsp3) is 0.562. The third-order valence-electron chi connectivity index (χ3n) is 3.70. The van der Waals surface area contributed by atoms with E-state index in [1.807, 2.05) is 37.4 Å². The monoisotopic (exact) mass is 292 g/mol. The summed E-state index contributed by atoms with van der Waals surface area (Å²) >= 11 is 0. The van der Waals surface area contributed by atoms with Crippen molar-refractivity contribution in [1.82, 2.24) is 10.2 Å². The Morgan fingerprint density at radius 3 is 2.86 bits per heavy atom. The highest BCUT2D eigenvalue weighted by Gasteiger charge is 2.24. The predicted octanol–water partition coefficient (Wildman–Crippen LogP) is 0.863. The molecule has 0 bridgehead atoms. The Kier molecular flexibility index (Phi) is 6.17. The van der Waals surface area contributed by atoms with Crippen LogP contribution in [-0.4, -0.2) is 63.9 Å². The molecule has 1 N–H and O–H groups in total. The van der Waals surface area contributed by atoms with Crippen molar-refractivity contribution in [1.29, 1.82) is 0 Å². The van der Waals surface area contributed by atoms with E-state index >= 15 is 0 Å². The average Bonchev–Trinajstić information content (AvgIpc) is 2.53. The van der Waals surface area contributed by atoms with Crippen LogP contribution in [0.4, 0.5) is 0 Å². The van der Waals surface area contributed by atoms with Crippen molar-refractivity contribution in [3.63, 3.8) is 0 Å². The molecule has 0 spiro atoms. The summed E-state index contributed by atoms with van der Waals surface area (Å²) in [6, 6.07) is 9.77. The van der Waals surface area contributed by atoms with Crippen LogP contribution in [0.3, 0.4) is 0 Å². The molecule has 116 valence electrons. The molecule has 1 saturated heterocycles. The first-order valence-corrected chi connectivity index (χ1v) is 7.34. The summed E-state index contributed by atoms with van der Waals surface area (Å²) < 4.78 is 10.7. The number of rotatable bonds is 6. The molecular formula is C16H24N2O3. The molecule has 0 amide bonds. The van der Waals surface area contributed by atoms with E-state index in [9.17, 15) is 4.79 Å². The van der Waals surface area contributed by atoms with Gasteiger partial charge in [-0.2, -0.15) is 0 Å². The van der Waals surface area contributed by atoms with Crippen molar-refractivity contribution >= 4 is 5.97 Å². The summed E-state index contributed by atoms with van der Waals surface area (Å²) in [7, 11) is 3.45. The van der Waals surface area contributed by atoms with Gasteiger partial charge in [0.15, 0.2) is 0 Å². The second kappa shape index (κ2) is 8.12. The molecule has 1 aliphatic rings. The normalized spacial score (nSPS) is 20.2. The Balaban J connectivity index is 1.96. The molecule has 5 heteroatoms. The van der Waals surface area contributed by atoms with Crippen LogP contribution in [0.1, 0.15) is 11.5 Å². The Hall–Kier alpha value is -1.43. The third-order valence-corrected chi connectivity index (χ3v) is 3.70. The van der Waals surface area contributed by atoms with Crippen LogP contribution in [0, 0.1) is 0 Å². The molecule has 1 heterocycles. The quantitative estimate of drug-likeness (QED) is 0.788. The molecular weight excluding hydrogens is 268 g/mol. The first-order valence-electron chi connectivity index (χ1n) is 7.34. The van der Waals surface area contributed by atoms with E-state index in [2.05, 4.69) is 10.2 Å². The van der Waals surface area contributed by atoms with Crippen LogP contribution < -0.4 is 5.32 Å². The number of nitrogens with one attached hydrogen (secondary N) is 1. The zero-order valence-electron chi connectivity index (χ0n) is 12.7. The second-order valence-corrected chi connectivity index (χ2v) is 5.40. The van der Waals surface area contributed by atoms with Gasteiger partial charge in [-0.15, -0.1) is 0 Å². The number of nitrogens with zero attached hydrogens (tertiary/aromatic N) is 1. The van der Waals surface area contributed by atoms with Gasteiger partial charge in [0, 0.05) is 26.2 Å². The summed E-state index contributed by atoms with van der Waals surface area (Å²) in [5.41, 5.74) is 0.985. The number of carbonyl (C=O) groups is 1. The molecule has 1 aliphatic heterocycles. The van der Waals surface area contributed by atoms with Gasteiger partial charge in [-0.1, -0.05) is 30.3 Å². The third kappa shape index (κ3) is 4.81. The molecule has 2 rings (SSSR count). The zero-order valence-corrected chi connectivity index (χ0v) is 12.7. The SMILES string of the molecule is COC(=O)C(CN(C)CC1CNCCO1)c1ccccc1. The highest BCUT2D eigenvalue weighted by molar-refractivity contribution is 5.78. The van der Waals surface area contributed by atoms with Crippen LogP contribution in [0.5, 0.6) is 0 Å². The topological polar surface area (TPSA) is 50.8 Å². The van der Waals surface area contributed by atoms with E-state index in [-0.39, 0.29) is 18.0 Å². The first kappa shape index (κ1) is 15.9. The molecule has 1 fully saturated rings. The molecule has 2 atom stereocenters. The van der Waals surface area contributed by atoms with Gasteiger partial charge in [0.25, 0.3) is 0 Å². The molecule has 0 aromatic heterocycles. The van der Waals surface area contributed by atoms with E-state index in [4.69, 9.17) is 9.47 Å². The molecule has 0 radical (unpaired) electrons. The minimum absolute atomic E-state index is 0.179. The number of ether oxygens (including phenoxy) is 2. The Morgan fingerprint density at radius 2 is 2.24 bits per heavy atom. The standard InChI is InChI=1S/C16H24N2O3/c1-18(11-14-10-17-8-9-21-14)12-15(16(19)20-2)13-6-4-3-5-7-13/h3-7,14-15,17H,8-12H2,1-2H3. The van der Waals surface area contributed by atoms with Gasteiger partial charge in [-0.05, 0) is 12.6 Å². The van der Waals surface area contributed by atoms with Gasteiger partial charge in [0.1, 0.15) is 0 Å². The molecule has 0 saturated carbocycles. The Morgan fingerprint density at radius 1 is 1.48 bits per heavy atom. The number of morpholine rings is 1. The minimum Gasteiger partial charge on any atom is -0.469 e. The Labute approximate surface area is 126 Å². The smallest absolute Gasteiger partial charge is 0.314 e. The van der Waals surface area contributed by atoms with Crippen LogP contribution >= 0.6 is 0 Å². The first-order chi connectivity index (χ1) is 10.2. The lowest BCUT2D eigenvalue weighted by atomic mass is 9.98. The number of likely N-dealkylation sites (N-methyl/N-ethyl adjacent to an activating group) is 1. The van der Waals surface area contributed by atoms with Crippen molar-refractivity contribution in [3.8, 4) is 0 Å². The molecule has 1 aromatic rings. The molecule has 2 unspecified atom stereocenters. The maximum absolute atomic E-state index is 12.0. The molecule has 0 aliphatic carbocycles. The molecule has 21 heavy (non-hydrogen) atoms. The van der Waals surface area contributed by atoms with E-state index in [1.54, 1.807) is 0 Å². The van der Waals surface area contributed by atoms with Crippen molar-refractivity contribution in [2.75, 3.05) is 46.9 Å². The number of hydrogen-bond donors (Lipinski definition) is 1. The van der Waals surface area contributed by atoms with Gasteiger partial charge >= 0.3 is 5.97 Å². The van der Waals surface area contributed by atoms with Crippen molar-refractivity contribution in [3.05, 3.63) is 35.9 Å². The summed E-state index contributed by atoms with van der Waals surface area (Å²) in [6.07, 6.45) is 0.179. The highest BCUT2D eigenvalue weighted by Crippen LogP contribution is 2.18. The van der Waals surface area contributed by atoms with Crippen LogP contribution in [-0.2, 0) is 14.3 Å². The predicted molar refractivity (Wildman–Crippen MR) is 81.3 cm³/mol. The highest BCUT2D eigenvalue weighted by atomic mass is 16.5. The lowest BCUT2D eigenvalue weighted by Crippen LogP contribution is -2.45. The minimum atomic E-state index is -0.266. The van der Waals surface area contributed by atoms with E-state index in [0.29, 0.717) is 6.54 Å². The fourth-order valence-electron chi connectivity index (χ4n) is 2.61. The van der Waals surface area contributed by atoms with Crippen LogP contribution in [0.25, 0.3) is 0 Å². The number of benzene rings is 1. The van der Waals surface area contributed by atoms with E-state index in [1.165, 1.54) is 7.11 Å². The van der Waals surface area contributed by atoms with Gasteiger partial charge < -0.3 is 19.7 Å². The molecule has 5 nitrogen and oxygen atoms in total. The number of hydrogen-bond acceptors (Lipinski definition) is 5. The second-order valence-electron chi connectivity index (χ2n) is 5.40. The van der Waals surface area contributed by atoms with Crippen molar-refractivity contribution in [2.45, 2.75) is 12.0 Å². The van der Waals surface area contributed by atoms with Crippen molar-refractivity contribution < 1.29 is 14.3 Å². The van der Waals surface area contributed by atoms with Gasteiger partial charge in [-0.3, -0.25) is 4.79 Å². The number of carbonyl (C=O) groups excluding carboxylic acids is 1. The lowest BCUT2D eigenvalue weighted by Gasteiger charge is -2.29. The largest absolute Gasteiger partial charge is 0.469 e.